The van der Waals surface area contributed by atoms with E-state index in [1.165, 1.54) is 17.4 Å². The lowest BCUT2D eigenvalue weighted by Gasteiger charge is -2.30. The Labute approximate surface area is 117 Å². The number of amides is 1. The summed E-state index contributed by atoms with van der Waals surface area (Å²) in [5, 5.41) is 8.84. The number of anilines is 1. The Morgan fingerprint density at radius 2 is 2.20 bits per heavy atom. The Balaban J connectivity index is 1.97. The first-order valence-corrected chi connectivity index (χ1v) is 7.88. The van der Waals surface area contributed by atoms with E-state index in [0.29, 0.717) is 25.6 Å². The molecular weight excluding hydrogens is 282 g/mol. The minimum atomic E-state index is -3.58. The maximum atomic E-state index is 12.4. The second-order valence-electron chi connectivity index (χ2n) is 4.93. The summed E-state index contributed by atoms with van der Waals surface area (Å²) < 4.78 is 26.1. The van der Waals surface area contributed by atoms with E-state index in [2.05, 4.69) is 15.5 Å². The van der Waals surface area contributed by atoms with Crippen LogP contribution in [0.3, 0.4) is 0 Å². The minimum Gasteiger partial charge on any atom is -0.383 e. The fraction of sp³-hybridized carbons (Fsp3) is 0.636. The molecule has 8 nitrogen and oxygen atoms in total. The number of carbonyl (C=O) groups is 1. The van der Waals surface area contributed by atoms with Gasteiger partial charge in [-0.1, -0.05) is 0 Å². The number of piperidine rings is 1. The highest BCUT2D eigenvalue weighted by molar-refractivity contribution is 7.89. The van der Waals surface area contributed by atoms with E-state index in [4.69, 9.17) is 5.73 Å². The van der Waals surface area contributed by atoms with Gasteiger partial charge in [-0.25, -0.2) is 8.42 Å². The normalized spacial score (nSPS) is 18.1. The quantitative estimate of drug-likeness (QED) is 0.694. The summed E-state index contributed by atoms with van der Waals surface area (Å²) in [6.07, 6.45) is 2.67. The first kappa shape index (κ1) is 14.8. The van der Waals surface area contributed by atoms with Gasteiger partial charge in [-0.15, -0.1) is 0 Å². The summed E-state index contributed by atoms with van der Waals surface area (Å²) in [5.74, 6) is 0.309. The number of carbonyl (C=O) groups excluding carboxylic acids is 1. The van der Waals surface area contributed by atoms with Crippen molar-refractivity contribution in [3.05, 3.63) is 6.20 Å². The second kappa shape index (κ2) is 5.80. The molecule has 0 unspecified atom stereocenters. The third-order valence-corrected chi connectivity index (χ3v) is 5.39. The number of hydrogen-bond donors (Lipinski definition) is 3. The van der Waals surface area contributed by atoms with Crippen molar-refractivity contribution in [3.8, 4) is 0 Å². The molecule has 1 amide bonds. The fourth-order valence-corrected chi connectivity index (χ4v) is 3.75. The van der Waals surface area contributed by atoms with Crippen LogP contribution in [0.2, 0.25) is 0 Å². The highest BCUT2D eigenvalue weighted by Gasteiger charge is 2.31. The van der Waals surface area contributed by atoms with Gasteiger partial charge in [0.25, 0.3) is 0 Å². The van der Waals surface area contributed by atoms with Gasteiger partial charge in [0.1, 0.15) is 10.7 Å². The van der Waals surface area contributed by atoms with Crippen LogP contribution < -0.4 is 11.1 Å². The van der Waals surface area contributed by atoms with Crippen LogP contribution >= 0.6 is 0 Å². The third-order valence-electron chi connectivity index (χ3n) is 3.46. The van der Waals surface area contributed by atoms with E-state index in [-0.39, 0.29) is 16.6 Å². The number of nitrogens with two attached hydrogens (primary N) is 1. The molecule has 1 aromatic heterocycles. The van der Waals surface area contributed by atoms with E-state index in [9.17, 15) is 13.2 Å². The summed E-state index contributed by atoms with van der Waals surface area (Å²) in [5.41, 5.74) is 5.57. The van der Waals surface area contributed by atoms with Crippen LogP contribution in [-0.2, 0) is 14.8 Å². The highest BCUT2D eigenvalue weighted by Crippen LogP contribution is 2.25. The smallest absolute Gasteiger partial charge is 0.248 e. The van der Waals surface area contributed by atoms with Crippen molar-refractivity contribution in [3.63, 3.8) is 0 Å². The molecule has 4 N–H and O–H groups in total. The van der Waals surface area contributed by atoms with Crippen LogP contribution in [-0.4, -0.2) is 48.5 Å². The number of nitrogens with zero attached hydrogens (tertiary/aromatic N) is 2. The molecule has 0 atom stereocenters. The average Bonchev–Trinajstić information content (AvgIpc) is 2.84. The van der Waals surface area contributed by atoms with Crippen molar-refractivity contribution in [2.75, 3.05) is 25.4 Å². The van der Waals surface area contributed by atoms with Crippen molar-refractivity contribution in [2.45, 2.75) is 24.7 Å². The molecule has 0 aliphatic carbocycles. The third kappa shape index (κ3) is 3.10. The zero-order valence-corrected chi connectivity index (χ0v) is 12.1. The maximum absolute atomic E-state index is 12.4. The van der Waals surface area contributed by atoms with Gasteiger partial charge in [-0.2, -0.15) is 9.40 Å². The largest absolute Gasteiger partial charge is 0.383 e. The van der Waals surface area contributed by atoms with Gasteiger partial charge in [-0.3, -0.25) is 9.89 Å². The number of nitrogens with one attached hydrogen (secondary N) is 2. The predicted molar refractivity (Wildman–Crippen MR) is 73.2 cm³/mol. The lowest BCUT2D eigenvalue weighted by molar-refractivity contribution is -0.119. The average molecular weight is 301 g/mol. The molecule has 1 aromatic rings. The molecule has 1 fully saturated rings. The molecule has 1 aliphatic rings. The predicted octanol–water partition coefficient (Wildman–Crippen LogP) is -0.471. The Bertz CT molecular complexity index is 575. The number of nitrogen functional groups attached to an aromatic ring is 1. The number of aromatic nitrogens is 2. The van der Waals surface area contributed by atoms with E-state index < -0.39 is 10.0 Å². The van der Waals surface area contributed by atoms with Gasteiger partial charge < -0.3 is 11.1 Å². The van der Waals surface area contributed by atoms with Crippen LogP contribution in [0.4, 0.5) is 5.82 Å². The molecule has 0 bridgehead atoms. The summed E-state index contributed by atoms with van der Waals surface area (Å²) in [6.45, 7) is 2.92. The van der Waals surface area contributed by atoms with Crippen LogP contribution in [0.15, 0.2) is 11.1 Å². The molecule has 0 saturated carbocycles. The Morgan fingerprint density at radius 3 is 2.70 bits per heavy atom. The molecule has 112 valence electrons. The number of rotatable bonds is 4. The molecule has 0 spiro atoms. The number of hydrogen-bond acceptors (Lipinski definition) is 5. The van der Waals surface area contributed by atoms with Crippen LogP contribution in [0.1, 0.15) is 19.8 Å². The molecule has 0 radical (unpaired) electrons. The van der Waals surface area contributed by atoms with Crippen LogP contribution in [0, 0.1) is 5.92 Å². The Kier molecular flexibility index (Phi) is 4.29. The zero-order valence-electron chi connectivity index (χ0n) is 11.3. The molecule has 1 aliphatic heterocycles. The van der Waals surface area contributed by atoms with Crippen molar-refractivity contribution in [1.29, 1.82) is 0 Å². The molecule has 2 rings (SSSR count). The lowest BCUT2D eigenvalue weighted by atomic mass is 9.98. The summed E-state index contributed by atoms with van der Waals surface area (Å²) >= 11 is 0. The van der Waals surface area contributed by atoms with Crippen molar-refractivity contribution >= 4 is 21.7 Å². The SMILES string of the molecule is CC(=O)NCC1CCN(S(=O)(=O)c2cn[nH]c2N)CC1. The molecule has 1 saturated heterocycles. The maximum Gasteiger partial charge on any atom is 0.248 e. The van der Waals surface area contributed by atoms with Gasteiger partial charge >= 0.3 is 0 Å². The summed E-state index contributed by atoms with van der Waals surface area (Å²) in [4.78, 5) is 10.9. The topological polar surface area (TPSA) is 121 Å². The van der Waals surface area contributed by atoms with E-state index in [1.54, 1.807) is 0 Å². The van der Waals surface area contributed by atoms with Crippen molar-refractivity contribution < 1.29 is 13.2 Å². The minimum absolute atomic E-state index is 0.0258. The molecule has 20 heavy (non-hydrogen) atoms. The van der Waals surface area contributed by atoms with Gasteiger partial charge in [-0.05, 0) is 18.8 Å². The van der Waals surface area contributed by atoms with Crippen molar-refractivity contribution in [2.24, 2.45) is 5.92 Å². The Hall–Kier alpha value is -1.61. The first-order chi connectivity index (χ1) is 9.41. The van der Waals surface area contributed by atoms with Gasteiger partial charge in [0.05, 0.1) is 6.20 Å². The summed E-state index contributed by atoms with van der Waals surface area (Å²) in [6, 6.07) is 0. The van der Waals surface area contributed by atoms with Crippen LogP contribution in [0.25, 0.3) is 0 Å². The number of H-pyrrole nitrogens is 1. The standard InChI is InChI=1S/C11H19N5O3S/c1-8(17)13-6-9-2-4-16(5-3-9)20(18,19)10-7-14-15-11(10)12/h7,9H,2-6H2,1H3,(H,13,17)(H3,12,14,15). The highest BCUT2D eigenvalue weighted by atomic mass is 32.2. The van der Waals surface area contributed by atoms with Gasteiger partial charge in [0.15, 0.2) is 0 Å². The van der Waals surface area contributed by atoms with E-state index in [1.807, 2.05) is 0 Å². The number of sulfonamides is 1. The monoisotopic (exact) mass is 301 g/mol. The van der Waals surface area contributed by atoms with Crippen LogP contribution in [0.5, 0.6) is 0 Å². The molecule has 9 heteroatoms. The van der Waals surface area contributed by atoms with E-state index >= 15 is 0 Å². The lowest BCUT2D eigenvalue weighted by Crippen LogP contribution is -2.41. The van der Waals surface area contributed by atoms with Crippen molar-refractivity contribution in [1.82, 2.24) is 19.8 Å². The first-order valence-electron chi connectivity index (χ1n) is 6.44. The molecule has 2 heterocycles. The zero-order chi connectivity index (χ0) is 14.8. The second-order valence-corrected chi connectivity index (χ2v) is 6.84. The van der Waals surface area contributed by atoms with Gasteiger partial charge in [0, 0.05) is 26.6 Å². The molecular formula is C11H19N5O3S. The fourth-order valence-electron chi connectivity index (χ4n) is 2.27. The Morgan fingerprint density at radius 1 is 1.55 bits per heavy atom. The van der Waals surface area contributed by atoms with Gasteiger partial charge in [0.2, 0.25) is 15.9 Å². The van der Waals surface area contributed by atoms with E-state index in [0.717, 1.165) is 12.8 Å². The summed E-state index contributed by atoms with van der Waals surface area (Å²) in [7, 11) is -3.58. The molecule has 0 aromatic carbocycles. The number of aromatic amines is 1.